The molecule has 2 aromatic rings. The predicted molar refractivity (Wildman–Crippen MR) is 118 cm³/mol. The number of aromatic nitrogens is 1. The number of anilines is 1. The van der Waals surface area contributed by atoms with E-state index in [4.69, 9.17) is 23.2 Å². The Hall–Kier alpha value is -1.62. The van der Waals surface area contributed by atoms with Gasteiger partial charge in [0.1, 0.15) is 5.82 Å². The van der Waals surface area contributed by atoms with Crippen LogP contribution >= 0.6 is 23.2 Å². The van der Waals surface area contributed by atoms with E-state index in [1.165, 1.54) is 22.5 Å². The van der Waals surface area contributed by atoms with E-state index in [9.17, 15) is 5.11 Å². The van der Waals surface area contributed by atoms with E-state index >= 15 is 0 Å². The maximum absolute atomic E-state index is 9.47. The maximum Gasteiger partial charge on any atom is 0.121 e. The first-order chi connectivity index (χ1) is 13.4. The molecule has 2 N–H and O–H groups in total. The minimum Gasteiger partial charge on any atom is -0.396 e. The molecule has 3 heterocycles. The Morgan fingerprint density at radius 3 is 2.54 bits per heavy atom. The average Bonchev–Trinajstić information content (AvgIpc) is 2.92. The number of fused-ring (bicyclic) bond motifs is 1. The van der Waals surface area contributed by atoms with Gasteiger partial charge in [-0.15, -0.1) is 0 Å². The van der Waals surface area contributed by atoms with E-state index in [2.05, 4.69) is 41.6 Å². The molecule has 1 saturated heterocycles. The Labute approximate surface area is 176 Å². The summed E-state index contributed by atoms with van der Waals surface area (Å²) in [6.07, 6.45) is 4.39. The molecule has 0 saturated carbocycles. The highest BCUT2D eigenvalue weighted by Gasteiger charge is 2.31. The SMILES string of the molecule is Cc1c2c(n(-c3ccc(Cl)cc3Cl)c1C)NC(C)C=C2N1CCC(CO)CC1. The Bertz CT molecular complexity index is 926. The van der Waals surface area contributed by atoms with Crippen molar-refractivity contribution in [3.05, 3.63) is 51.1 Å². The molecule has 4 nitrogen and oxygen atoms in total. The van der Waals surface area contributed by atoms with Crippen LogP contribution in [0.25, 0.3) is 11.4 Å². The summed E-state index contributed by atoms with van der Waals surface area (Å²) in [5, 5.41) is 14.4. The number of hydrogen-bond acceptors (Lipinski definition) is 3. The largest absolute Gasteiger partial charge is 0.396 e. The number of likely N-dealkylation sites (tertiary alicyclic amines) is 1. The van der Waals surface area contributed by atoms with Gasteiger partial charge in [-0.3, -0.25) is 4.57 Å². The second-order valence-corrected chi connectivity index (χ2v) is 8.81. The first-order valence-electron chi connectivity index (χ1n) is 9.92. The zero-order valence-electron chi connectivity index (χ0n) is 16.6. The third-order valence-corrected chi connectivity index (χ3v) is 6.64. The maximum atomic E-state index is 9.47. The number of piperidine rings is 1. The smallest absolute Gasteiger partial charge is 0.121 e. The quantitative estimate of drug-likeness (QED) is 0.712. The lowest BCUT2D eigenvalue weighted by atomic mass is 9.95. The van der Waals surface area contributed by atoms with Gasteiger partial charge in [0.05, 0.1) is 10.7 Å². The summed E-state index contributed by atoms with van der Waals surface area (Å²) >= 11 is 12.7. The number of benzene rings is 1. The van der Waals surface area contributed by atoms with Gasteiger partial charge in [-0.2, -0.15) is 0 Å². The molecule has 1 unspecified atom stereocenters. The summed E-state index contributed by atoms with van der Waals surface area (Å²) < 4.78 is 2.22. The zero-order valence-corrected chi connectivity index (χ0v) is 18.1. The van der Waals surface area contributed by atoms with Gasteiger partial charge in [-0.1, -0.05) is 23.2 Å². The van der Waals surface area contributed by atoms with Gasteiger partial charge in [-0.05, 0) is 69.4 Å². The molecule has 0 amide bonds. The molecule has 1 fully saturated rings. The van der Waals surface area contributed by atoms with Crippen molar-refractivity contribution in [1.29, 1.82) is 0 Å². The molecule has 1 atom stereocenters. The van der Waals surface area contributed by atoms with Crippen LogP contribution in [0.4, 0.5) is 5.82 Å². The first kappa shape index (κ1) is 19.7. The van der Waals surface area contributed by atoms with E-state index < -0.39 is 0 Å². The van der Waals surface area contributed by atoms with E-state index in [1.54, 1.807) is 6.07 Å². The Morgan fingerprint density at radius 2 is 1.89 bits per heavy atom. The van der Waals surface area contributed by atoms with Crippen LogP contribution in [0.5, 0.6) is 0 Å². The van der Waals surface area contributed by atoms with Gasteiger partial charge in [0.15, 0.2) is 0 Å². The van der Waals surface area contributed by atoms with Crippen molar-refractivity contribution >= 4 is 34.7 Å². The van der Waals surface area contributed by atoms with Crippen molar-refractivity contribution in [2.45, 2.75) is 39.7 Å². The first-order valence-corrected chi connectivity index (χ1v) is 10.7. The van der Waals surface area contributed by atoms with Crippen LogP contribution in [0.1, 0.15) is 36.6 Å². The van der Waals surface area contributed by atoms with E-state index in [1.807, 2.05) is 12.1 Å². The van der Waals surface area contributed by atoms with Crippen molar-refractivity contribution in [2.24, 2.45) is 5.92 Å². The molecule has 0 aliphatic carbocycles. The van der Waals surface area contributed by atoms with Gasteiger partial charge in [-0.25, -0.2) is 0 Å². The van der Waals surface area contributed by atoms with Crippen LogP contribution in [-0.2, 0) is 0 Å². The standard InChI is InChI=1S/C22H27Cl2N3O/c1-13-10-20(26-8-6-16(12-28)7-9-26)21-14(2)15(3)27(22(21)25-13)19-5-4-17(23)11-18(19)24/h4-5,10-11,13,16,25,28H,6-9,12H2,1-3H3. The third-order valence-electron chi connectivity index (χ3n) is 6.11. The predicted octanol–water partition coefficient (Wildman–Crippen LogP) is 5.26. The van der Waals surface area contributed by atoms with Gasteiger partial charge >= 0.3 is 0 Å². The number of aliphatic hydroxyl groups is 1. The number of hydrogen-bond donors (Lipinski definition) is 2. The van der Waals surface area contributed by atoms with Crippen LogP contribution in [0.15, 0.2) is 24.3 Å². The van der Waals surface area contributed by atoms with Crippen molar-refractivity contribution in [3.63, 3.8) is 0 Å². The summed E-state index contributed by atoms with van der Waals surface area (Å²) in [6.45, 7) is 8.75. The lowest BCUT2D eigenvalue weighted by molar-refractivity contribution is 0.162. The number of nitrogens with zero attached hydrogens (tertiary/aromatic N) is 2. The van der Waals surface area contributed by atoms with Crippen LogP contribution in [-0.4, -0.2) is 40.3 Å². The fourth-order valence-corrected chi connectivity index (χ4v) is 4.91. The molecular formula is C22H27Cl2N3O. The zero-order chi connectivity index (χ0) is 20.0. The molecule has 0 radical (unpaired) electrons. The van der Waals surface area contributed by atoms with Crippen LogP contribution < -0.4 is 5.32 Å². The number of rotatable bonds is 3. The van der Waals surface area contributed by atoms with Gasteiger partial charge in [0, 0.05) is 47.7 Å². The minimum atomic E-state index is 0.219. The molecule has 150 valence electrons. The van der Waals surface area contributed by atoms with Gasteiger partial charge in [0.25, 0.3) is 0 Å². The monoisotopic (exact) mass is 419 g/mol. The Kier molecular flexibility index (Phi) is 5.38. The van der Waals surface area contributed by atoms with Crippen molar-refractivity contribution in [1.82, 2.24) is 9.47 Å². The molecule has 0 spiro atoms. The topological polar surface area (TPSA) is 40.4 Å². The van der Waals surface area contributed by atoms with Gasteiger partial charge < -0.3 is 15.3 Å². The summed E-state index contributed by atoms with van der Waals surface area (Å²) in [7, 11) is 0. The number of aliphatic hydroxyl groups excluding tert-OH is 1. The summed E-state index contributed by atoms with van der Waals surface area (Å²) in [4.78, 5) is 2.47. The number of halogens is 2. The fourth-order valence-electron chi connectivity index (χ4n) is 4.42. The third kappa shape index (κ3) is 3.32. The highest BCUT2D eigenvalue weighted by molar-refractivity contribution is 6.35. The lowest BCUT2D eigenvalue weighted by Gasteiger charge is -2.37. The molecule has 1 aromatic heterocycles. The highest BCUT2D eigenvalue weighted by Crippen LogP contribution is 2.42. The van der Waals surface area contributed by atoms with E-state index in [-0.39, 0.29) is 6.04 Å². The normalized spacial score (nSPS) is 20.0. The van der Waals surface area contributed by atoms with Gasteiger partial charge in [0.2, 0.25) is 0 Å². The molecular weight excluding hydrogens is 393 g/mol. The molecule has 6 heteroatoms. The molecule has 0 bridgehead atoms. The van der Waals surface area contributed by atoms with Crippen molar-refractivity contribution in [3.8, 4) is 5.69 Å². The van der Waals surface area contributed by atoms with E-state index in [0.717, 1.165) is 37.4 Å². The van der Waals surface area contributed by atoms with E-state index in [0.29, 0.717) is 22.6 Å². The lowest BCUT2D eigenvalue weighted by Crippen LogP contribution is -2.36. The van der Waals surface area contributed by atoms with Crippen LogP contribution in [0, 0.1) is 19.8 Å². The minimum absolute atomic E-state index is 0.219. The van der Waals surface area contributed by atoms with Crippen molar-refractivity contribution in [2.75, 3.05) is 25.0 Å². The number of nitrogens with one attached hydrogen (secondary N) is 1. The second-order valence-electron chi connectivity index (χ2n) is 7.96. The Balaban J connectivity index is 1.80. The summed E-state index contributed by atoms with van der Waals surface area (Å²) in [5.41, 5.74) is 5.92. The highest BCUT2D eigenvalue weighted by atomic mass is 35.5. The summed E-state index contributed by atoms with van der Waals surface area (Å²) in [5.74, 6) is 1.52. The van der Waals surface area contributed by atoms with Crippen LogP contribution in [0.2, 0.25) is 10.0 Å². The Morgan fingerprint density at radius 1 is 1.18 bits per heavy atom. The molecule has 2 aliphatic rings. The fraction of sp³-hybridized carbons (Fsp3) is 0.455. The van der Waals surface area contributed by atoms with Crippen LogP contribution in [0.3, 0.4) is 0 Å². The molecule has 1 aromatic carbocycles. The average molecular weight is 420 g/mol. The van der Waals surface area contributed by atoms with Crippen molar-refractivity contribution < 1.29 is 5.11 Å². The molecule has 4 rings (SSSR count). The summed E-state index contributed by atoms with van der Waals surface area (Å²) in [6, 6.07) is 5.88. The second kappa shape index (κ2) is 7.66. The molecule has 2 aliphatic heterocycles. The molecule has 28 heavy (non-hydrogen) atoms.